The van der Waals surface area contributed by atoms with Crippen LogP contribution in [0.15, 0.2) is 18.2 Å². The molecule has 0 aliphatic carbocycles. The zero-order chi connectivity index (χ0) is 17.5. The molecular weight excluding hydrogens is 308 g/mol. The van der Waals surface area contributed by atoms with Gasteiger partial charge in [-0.15, -0.1) is 0 Å². The lowest BCUT2D eigenvalue weighted by atomic mass is 10.1. The van der Waals surface area contributed by atoms with Gasteiger partial charge in [-0.1, -0.05) is 6.07 Å². The molecule has 24 heavy (non-hydrogen) atoms. The van der Waals surface area contributed by atoms with Gasteiger partial charge in [0.15, 0.2) is 0 Å². The van der Waals surface area contributed by atoms with Gasteiger partial charge >= 0.3 is 6.09 Å². The number of hydrogen-bond donors (Lipinski definition) is 2. The van der Waals surface area contributed by atoms with Crippen molar-refractivity contribution in [1.29, 1.82) is 0 Å². The maximum absolute atomic E-state index is 11.7. The van der Waals surface area contributed by atoms with Gasteiger partial charge in [-0.3, -0.25) is 4.90 Å². The van der Waals surface area contributed by atoms with Crippen molar-refractivity contribution in [2.24, 2.45) is 0 Å². The zero-order valence-corrected chi connectivity index (χ0v) is 14.9. The van der Waals surface area contributed by atoms with Crippen LogP contribution in [-0.2, 0) is 4.74 Å². The van der Waals surface area contributed by atoms with Gasteiger partial charge in [0.1, 0.15) is 25.0 Å². The zero-order valence-electron chi connectivity index (χ0n) is 14.9. The summed E-state index contributed by atoms with van der Waals surface area (Å²) in [6.07, 6.45) is -0.758. The predicted octanol–water partition coefficient (Wildman–Crippen LogP) is 0.400. The first kappa shape index (κ1) is 18.5. The standard InChI is InChI=1S/C18H28N2O4/c1-4-23-18(22)20-9-7-19(8-10-20)12-16(21)13-24-17-6-5-14(2)15(3)11-17/h5-6,11,16,21H,4,7-10,12-13H2,1-3H3/p+1/t16-/m1/s1. The quantitative estimate of drug-likeness (QED) is 0.789. The Morgan fingerprint density at radius 2 is 2.00 bits per heavy atom. The molecule has 0 spiro atoms. The van der Waals surface area contributed by atoms with Crippen LogP contribution in [0.25, 0.3) is 0 Å². The lowest BCUT2D eigenvalue weighted by Crippen LogP contribution is -3.16. The van der Waals surface area contributed by atoms with Crippen molar-refractivity contribution >= 4 is 6.09 Å². The maximum Gasteiger partial charge on any atom is 0.410 e. The number of piperazine rings is 1. The average Bonchev–Trinajstić information content (AvgIpc) is 2.57. The van der Waals surface area contributed by atoms with Crippen LogP contribution in [0, 0.1) is 13.8 Å². The van der Waals surface area contributed by atoms with Crippen molar-refractivity contribution in [3.8, 4) is 5.75 Å². The molecule has 2 rings (SSSR count). The molecule has 0 bridgehead atoms. The molecule has 2 N–H and O–H groups in total. The fraction of sp³-hybridized carbons (Fsp3) is 0.611. The molecule has 1 aliphatic rings. The summed E-state index contributed by atoms with van der Waals surface area (Å²) in [6, 6.07) is 5.95. The van der Waals surface area contributed by atoms with Crippen LogP contribution < -0.4 is 9.64 Å². The van der Waals surface area contributed by atoms with Crippen LogP contribution in [0.3, 0.4) is 0 Å². The first-order valence-corrected chi connectivity index (χ1v) is 8.63. The topological polar surface area (TPSA) is 63.4 Å². The van der Waals surface area contributed by atoms with Crippen LogP contribution >= 0.6 is 0 Å². The number of quaternary nitrogens is 1. The number of aliphatic hydroxyl groups excluding tert-OH is 1. The van der Waals surface area contributed by atoms with Gasteiger partial charge in [0.25, 0.3) is 0 Å². The van der Waals surface area contributed by atoms with Crippen LogP contribution in [0.2, 0.25) is 0 Å². The van der Waals surface area contributed by atoms with Crippen molar-refractivity contribution in [1.82, 2.24) is 4.90 Å². The van der Waals surface area contributed by atoms with Crippen LogP contribution in [0.5, 0.6) is 5.75 Å². The first-order valence-electron chi connectivity index (χ1n) is 8.63. The number of carbonyl (C=O) groups excluding carboxylic acids is 1. The average molecular weight is 337 g/mol. The second-order valence-electron chi connectivity index (χ2n) is 6.35. The normalized spacial score (nSPS) is 16.8. The Bertz CT molecular complexity index is 542. The molecule has 0 unspecified atom stereocenters. The van der Waals surface area contributed by atoms with Gasteiger partial charge in [-0.25, -0.2) is 4.79 Å². The molecule has 6 nitrogen and oxygen atoms in total. The number of aliphatic hydroxyl groups is 1. The highest BCUT2D eigenvalue weighted by Gasteiger charge is 2.26. The SMILES string of the molecule is CCOC(=O)N1CC[NH+](C[C@@H](O)COc2ccc(C)c(C)c2)CC1. The third kappa shape index (κ3) is 5.39. The lowest BCUT2D eigenvalue weighted by molar-refractivity contribution is -0.907. The van der Waals surface area contributed by atoms with E-state index in [1.54, 1.807) is 4.90 Å². The monoisotopic (exact) mass is 337 g/mol. The highest BCUT2D eigenvalue weighted by Crippen LogP contribution is 2.16. The van der Waals surface area contributed by atoms with Crippen LogP contribution in [-0.4, -0.2) is 68.1 Å². The second-order valence-corrected chi connectivity index (χ2v) is 6.35. The number of nitrogens with one attached hydrogen (secondary N) is 1. The van der Waals surface area contributed by atoms with Gasteiger partial charge in [0, 0.05) is 0 Å². The van der Waals surface area contributed by atoms with Gasteiger partial charge < -0.3 is 19.5 Å². The van der Waals surface area contributed by atoms with Gasteiger partial charge in [-0.05, 0) is 44.0 Å². The Hall–Kier alpha value is -1.79. The third-order valence-corrected chi connectivity index (χ3v) is 4.44. The minimum Gasteiger partial charge on any atom is -0.491 e. The molecule has 1 aromatic rings. The highest BCUT2D eigenvalue weighted by molar-refractivity contribution is 5.67. The van der Waals surface area contributed by atoms with E-state index in [1.165, 1.54) is 16.0 Å². The molecule has 0 aromatic heterocycles. The Labute approximate surface area is 144 Å². The summed E-state index contributed by atoms with van der Waals surface area (Å²) in [4.78, 5) is 14.7. The van der Waals surface area contributed by atoms with Gasteiger partial charge in [0.05, 0.1) is 32.8 Å². The molecule has 1 atom stereocenters. The molecular formula is C18H29N2O4+. The fourth-order valence-electron chi connectivity index (χ4n) is 2.81. The maximum atomic E-state index is 11.7. The van der Waals surface area contributed by atoms with Crippen LogP contribution in [0.1, 0.15) is 18.1 Å². The number of ether oxygens (including phenoxy) is 2. The molecule has 0 saturated carbocycles. The van der Waals surface area contributed by atoms with Crippen molar-refractivity contribution in [3.05, 3.63) is 29.3 Å². The van der Waals surface area contributed by atoms with E-state index >= 15 is 0 Å². The van der Waals surface area contributed by atoms with Crippen LogP contribution in [0.4, 0.5) is 4.79 Å². The minimum atomic E-state index is -0.518. The molecule has 1 fully saturated rings. The van der Waals surface area contributed by atoms with E-state index in [4.69, 9.17) is 9.47 Å². The lowest BCUT2D eigenvalue weighted by Gasteiger charge is -2.32. The van der Waals surface area contributed by atoms with Gasteiger partial charge in [0.2, 0.25) is 0 Å². The molecule has 1 aromatic carbocycles. The largest absolute Gasteiger partial charge is 0.491 e. The molecule has 0 radical (unpaired) electrons. The van der Waals surface area contributed by atoms with E-state index in [1.807, 2.05) is 32.0 Å². The summed E-state index contributed by atoms with van der Waals surface area (Å²) in [5, 5.41) is 10.2. The summed E-state index contributed by atoms with van der Waals surface area (Å²) in [6.45, 7) is 10.2. The molecule has 6 heteroatoms. The number of hydrogen-bond acceptors (Lipinski definition) is 4. The van der Waals surface area contributed by atoms with Gasteiger partial charge in [-0.2, -0.15) is 0 Å². The first-order chi connectivity index (χ1) is 11.5. The number of amides is 1. The molecule has 1 heterocycles. The third-order valence-electron chi connectivity index (χ3n) is 4.44. The number of carbonyl (C=O) groups is 1. The summed E-state index contributed by atoms with van der Waals surface area (Å²) in [5.74, 6) is 0.791. The summed E-state index contributed by atoms with van der Waals surface area (Å²) < 4.78 is 10.7. The van der Waals surface area contributed by atoms with E-state index in [-0.39, 0.29) is 12.7 Å². The number of rotatable bonds is 6. The number of nitrogens with zero attached hydrogens (tertiary/aromatic N) is 1. The molecule has 134 valence electrons. The summed E-state index contributed by atoms with van der Waals surface area (Å²) in [7, 11) is 0. The summed E-state index contributed by atoms with van der Waals surface area (Å²) >= 11 is 0. The predicted molar refractivity (Wildman–Crippen MR) is 91.6 cm³/mol. The molecule has 1 amide bonds. The molecule has 1 aliphatic heterocycles. The summed E-state index contributed by atoms with van der Waals surface area (Å²) in [5.41, 5.74) is 2.41. The van der Waals surface area contributed by atoms with Crippen molar-refractivity contribution in [3.63, 3.8) is 0 Å². The van der Waals surface area contributed by atoms with E-state index in [0.717, 1.165) is 18.8 Å². The van der Waals surface area contributed by atoms with Crippen molar-refractivity contribution in [2.75, 3.05) is 45.9 Å². The highest BCUT2D eigenvalue weighted by atomic mass is 16.6. The number of aryl methyl sites for hydroxylation is 2. The van der Waals surface area contributed by atoms with Crippen molar-refractivity contribution < 1.29 is 24.3 Å². The van der Waals surface area contributed by atoms with Crippen molar-refractivity contribution in [2.45, 2.75) is 26.9 Å². The van der Waals surface area contributed by atoms with E-state index in [2.05, 4.69) is 6.92 Å². The number of benzene rings is 1. The smallest absolute Gasteiger partial charge is 0.410 e. The Morgan fingerprint density at radius 3 is 2.62 bits per heavy atom. The molecule has 1 saturated heterocycles. The Balaban J connectivity index is 1.70. The Morgan fingerprint density at radius 1 is 1.29 bits per heavy atom. The Kier molecular flexibility index (Phi) is 6.87. The second kappa shape index (κ2) is 8.89. The fourth-order valence-corrected chi connectivity index (χ4v) is 2.81. The van der Waals surface area contributed by atoms with E-state index in [9.17, 15) is 9.90 Å². The van der Waals surface area contributed by atoms with E-state index in [0.29, 0.717) is 26.2 Å². The van der Waals surface area contributed by atoms with E-state index < -0.39 is 6.10 Å². The minimum absolute atomic E-state index is 0.241.